The number of nitrogens with one attached hydrogen (secondary N) is 1. The van der Waals surface area contributed by atoms with Gasteiger partial charge in [0.15, 0.2) is 11.5 Å². The Morgan fingerprint density at radius 3 is 2.67 bits per heavy atom. The van der Waals surface area contributed by atoms with E-state index >= 15 is 0 Å². The van der Waals surface area contributed by atoms with E-state index in [1.807, 2.05) is 4.90 Å². The maximum absolute atomic E-state index is 12.6. The van der Waals surface area contributed by atoms with Crippen LogP contribution in [-0.2, 0) is 9.53 Å². The van der Waals surface area contributed by atoms with Crippen molar-refractivity contribution in [2.24, 2.45) is 5.92 Å². The summed E-state index contributed by atoms with van der Waals surface area (Å²) in [6, 6.07) is 4.64. The summed E-state index contributed by atoms with van der Waals surface area (Å²) in [5.74, 6) is 0.779. The molecular formula is C19H24N2O6. The van der Waals surface area contributed by atoms with Crippen molar-refractivity contribution in [1.29, 1.82) is 0 Å². The van der Waals surface area contributed by atoms with Gasteiger partial charge in [0.25, 0.3) is 5.91 Å². The van der Waals surface area contributed by atoms with E-state index in [0.717, 1.165) is 0 Å². The minimum absolute atomic E-state index is 0.0814. The molecule has 3 aliphatic rings. The number of nitrogens with zero attached hydrogens (tertiary/aromatic N) is 1. The summed E-state index contributed by atoms with van der Waals surface area (Å²) in [5, 5.41) is 13.4. The molecule has 1 aromatic carbocycles. The second-order valence-electron chi connectivity index (χ2n) is 7.16. The average molecular weight is 376 g/mol. The molecule has 0 unspecified atom stereocenters. The molecule has 0 spiro atoms. The number of amides is 2. The van der Waals surface area contributed by atoms with E-state index in [2.05, 4.69) is 5.32 Å². The van der Waals surface area contributed by atoms with Gasteiger partial charge in [0, 0.05) is 24.6 Å². The summed E-state index contributed by atoms with van der Waals surface area (Å²) in [4.78, 5) is 26.9. The molecule has 0 bridgehead atoms. The molecule has 2 N–H and O–H groups in total. The molecule has 1 saturated carbocycles. The monoisotopic (exact) mass is 376 g/mol. The zero-order chi connectivity index (χ0) is 18.8. The van der Waals surface area contributed by atoms with Gasteiger partial charge in [-0.25, -0.2) is 0 Å². The normalized spacial score (nSPS) is 27.3. The van der Waals surface area contributed by atoms with Crippen LogP contribution in [0.25, 0.3) is 0 Å². The topological polar surface area (TPSA) is 97.3 Å². The first-order valence-electron chi connectivity index (χ1n) is 9.37. The smallest absolute Gasteiger partial charge is 0.251 e. The highest BCUT2D eigenvalue weighted by Crippen LogP contribution is 2.33. The van der Waals surface area contributed by atoms with Gasteiger partial charge in [-0.3, -0.25) is 9.59 Å². The van der Waals surface area contributed by atoms with E-state index in [-0.39, 0.29) is 30.6 Å². The predicted octanol–water partition coefficient (Wildman–Crippen LogP) is 0.534. The number of fused-ring (bicyclic) bond motifs is 1. The van der Waals surface area contributed by atoms with Crippen LogP contribution in [0.1, 0.15) is 29.6 Å². The summed E-state index contributed by atoms with van der Waals surface area (Å²) in [6.07, 6.45) is 0.839. The van der Waals surface area contributed by atoms with Gasteiger partial charge < -0.3 is 29.5 Å². The molecular weight excluding hydrogens is 352 g/mol. The van der Waals surface area contributed by atoms with Crippen LogP contribution in [0.3, 0.4) is 0 Å². The maximum Gasteiger partial charge on any atom is 0.251 e. The lowest BCUT2D eigenvalue weighted by Crippen LogP contribution is -2.50. The number of hydrogen-bond acceptors (Lipinski definition) is 6. The van der Waals surface area contributed by atoms with Crippen LogP contribution in [0, 0.1) is 5.92 Å². The molecule has 2 aliphatic heterocycles. The first-order chi connectivity index (χ1) is 13.1. The van der Waals surface area contributed by atoms with Crippen LogP contribution < -0.4 is 14.8 Å². The fourth-order valence-electron chi connectivity index (χ4n) is 3.87. The Balaban J connectivity index is 1.33. The van der Waals surface area contributed by atoms with Crippen LogP contribution in [0.5, 0.6) is 11.5 Å². The van der Waals surface area contributed by atoms with Crippen LogP contribution in [0.2, 0.25) is 0 Å². The minimum atomic E-state index is -0.744. The molecule has 0 aromatic heterocycles. The van der Waals surface area contributed by atoms with Crippen LogP contribution in [0.4, 0.5) is 0 Å². The summed E-state index contributed by atoms with van der Waals surface area (Å²) < 4.78 is 15.8. The highest BCUT2D eigenvalue weighted by molar-refractivity contribution is 5.95. The van der Waals surface area contributed by atoms with E-state index in [1.54, 1.807) is 18.2 Å². The molecule has 2 heterocycles. The van der Waals surface area contributed by atoms with Gasteiger partial charge >= 0.3 is 0 Å². The number of aliphatic hydroxyl groups excluding tert-OH is 1. The number of benzene rings is 1. The van der Waals surface area contributed by atoms with Gasteiger partial charge in [-0.1, -0.05) is 0 Å². The zero-order valence-electron chi connectivity index (χ0n) is 15.1. The molecule has 1 aromatic rings. The Morgan fingerprint density at radius 2 is 1.89 bits per heavy atom. The van der Waals surface area contributed by atoms with Crippen molar-refractivity contribution in [3.8, 4) is 11.5 Å². The molecule has 1 aliphatic carbocycles. The van der Waals surface area contributed by atoms with Crippen molar-refractivity contribution in [2.75, 3.05) is 33.1 Å². The summed E-state index contributed by atoms with van der Waals surface area (Å²) in [6.45, 7) is 2.50. The molecule has 4 rings (SSSR count). The van der Waals surface area contributed by atoms with E-state index in [1.165, 1.54) is 0 Å². The SMILES string of the molecule is O=C(N[C@H]1CC[C@H](C(=O)N2CCOCC2)C[C@@H]1O)c1ccc2c(c1)OCO2. The van der Waals surface area contributed by atoms with Crippen molar-refractivity contribution < 1.29 is 28.9 Å². The van der Waals surface area contributed by atoms with Gasteiger partial charge in [-0.15, -0.1) is 0 Å². The lowest BCUT2D eigenvalue weighted by molar-refractivity contribution is -0.142. The van der Waals surface area contributed by atoms with Crippen molar-refractivity contribution in [3.63, 3.8) is 0 Å². The van der Waals surface area contributed by atoms with Crippen LogP contribution in [0.15, 0.2) is 18.2 Å². The average Bonchev–Trinajstić information content (AvgIpc) is 3.17. The molecule has 27 heavy (non-hydrogen) atoms. The first-order valence-corrected chi connectivity index (χ1v) is 9.37. The first kappa shape index (κ1) is 18.1. The van der Waals surface area contributed by atoms with E-state index < -0.39 is 6.10 Å². The molecule has 8 nitrogen and oxygen atoms in total. The Hall–Kier alpha value is -2.32. The Morgan fingerprint density at radius 1 is 1.11 bits per heavy atom. The van der Waals surface area contributed by atoms with Crippen molar-refractivity contribution >= 4 is 11.8 Å². The Kier molecular flexibility index (Phi) is 5.18. The quantitative estimate of drug-likeness (QED) is 0.799. The van der Waals surface area contributed by atoms with Crippen molar-refractivity contribution in [3.05, 3.63) is 23.8 Å². The molecule has 1 saturated heterocycles. The third-order valence-electron chi connectivity index (χ3n) is 5.44. The zero-order valence-corrected chi connectivity index (χ0v) is 15.1. The largest absolute Gasteiger partial charge is 0.454 e. The number of aliphatic hydroxyl groups is 1. The van der Waals surface area contributed by atoms with Gasteiger partial charge in [-0.2, -0.15) is 0 Å². The van der Waals surface area contributed by atoms with Crippen LogP contribution >= 0.6 is 0 Å². The van der Waals surface area contributed by atoms with E-state index in [9.17, 15) is 14.7 Å². The van der Waals surface area contributed by atoms with Gasteiger partial charge in [0.1, 0.15) is 0 Å². The van der Waals surface area contributed by atoms with Crippen molar-refractivity contribution in [2.45, 2.75) is 31.4 Å². The highest BCUT2D eigenvalue weighted by Gasteiger charge is 2.36. The summed E-state index contributed by atoms with van der Waals surface area (Å²) in [5.41, 5.74) is 0.456. The van der Waals surface area contributed by atoms with E-state index in [4.69, 9.17) is 14.2 Å². The predicted molar refractivity (Wildman–Crippen MR) is 94.6 cm³/mol. The van der Waals surface area contributed by atoms with Crippen molar-refractivity contribution in [1.82, 2.24) is 10.2 Å². The molecule has 2 fully saturated rings. The molecule has 2 amide bonds. The lowest BCUT2D eigenvalue weighted by atomic mass is 9.83. The standard InChI is InChI=1S/C19H24N2O6/c22-15-9-13(19(24)21-5-7-25-8-6-21)1-3-14(15)20-18(23)12-2-4-16-17(10-12)27-11-26-16/h2,4,10,13-15,22H,1,3,5-9,11H2,(H,20,23)/t13-,14-,15-/m0/s1. The number of carbonyl (C=O) groups is 2. The fourth-order valence-corrected chi connectivity index (χ4v) is 3.87. The number of ether oxygens (including phenoxy) is 3. The molecule has 146 valence electrons. The molecule has 3 atom stereocenters. The number of morpholine rings is 1. The highest BCUT2D eigenvalue weighted by atomic mass is 16.7. The molecule has 0 radical (unpaired) electrons. The van der Waals surface area contributed by atoms with E-state index in [0.29, 0.717) is 62.6 Å². The Labute approximate surface area is 157 Å². The number of carbonyl (C=O) groups excluding carboxylic acids is 2. The third kappa shape index (κ3) is 3.86. The minimum Gasteiger partial charge on any atom is -0.454 e. The third-order valence-corrected chi connectivity index (χ3v) is 5.44. The van der Waals surface area contributed by atoms with Crippen LogP contribution in [-0.4, -0.2) is 67.1 Å². The Bertz CT molecular complexity index is 718. The van der Waals surface area contributed by atoms with Gasteiger partial charge in [0.05, 0.1) is 25.4 Å². The summed E-state index contributed by atoms with van der Waals surface area (Å²) in [7, 11) is 0. The lowest BCUT2D eigenvalue weighted by Gasteiger charge is -2.36. The fraction of sp³-hybridized carbons (Fsp3) is 0.579. The number of rotatable bonds is 3. The second-order valence-corrected chi connectivity index (χ2v) is 7.16. The van der Waals surface area contributed by atoms with Gasteiger partial charge in [0.2, 0.25) is 12.7 Å². The van der Waals surface area contributed by atoms with Gasteiger partial charge in [-0.05, 0) is 37.5 Å². The maximum atomic E-state index is 12.6. The molecule has 8 heteroatoms. The second kappa shape index (κ2) is 7.74. The number of hydrogen-bond donors (Lipinski definition) is 2. The summed E-state index contributed by atoms with van der Waals surface area (Å²) >= 11 is 0.